The number of benzene rings is 6. The Morgan fingerprint density at radius 2 is 1.10 bits per heavy atom. The summed E-state index contributed by atoms with van der Waals surface area (Å²) in [5, 5.41) is 7.60. The maximum atomic E-state index is 6.76. The number of hydrogen-bond donors (Lipinski definition) is 0. The molecule has 2 unspecified atom stereocenters. The Bertz CT molecular complexity index is 1910. The molecule has 4 bridgehead atoms. The minimum atomic E-state index is 0.651. The molecule has 40 heavy (non-hydrogen) atoms. The molecule has 0 aromatic heterocycles. The summed E-state index contributed by atoms with van der Waals surface area (Å²) in [7, 11) is 6.76. The summed E-state index contributed by atoms with van der Waals surface area (Å²) < 4.78 is 0. The molecule has 4 aliphatic rings. The molecule has 4 aliphatic carbocycles. The normalized spacial score (nSPS) is 23.1. The molecular weight excluding hydrogens is 479 g/mol. The summed E-state index contributed by atoms with van der Waals surface area (Å²) in [6.07, 6.45) is 6.83. The van der Waals surface area contributed by atoms with Gasteiger partial charge in [0.1, 0.15) is 7.85 Å². The number of hydrogen-bond acceptors (Lipinski definition) is 0. The van der Waals surface area contributed by atoms with Gasteiger partial charge in [0.2, 0.25) is 0 Å². The SMILES string of the molecule is [B]c1c2ccccc2c(-c2ccc3c(c2)-c2ccc4ccccc4c2C2CC4CC(CC3C4)C2)c2ccccc12. The van der Waals surface area contributed by atoms with Crippen molar-refractivity contribution in [1.82, 2.24) is 0 Å². The first kappa shape index (κ1) is 22.9. The fraction of sp³-hybridized carbons (Fsp3) is 0.231. The maximum absolute atomic E-state index is 6.76. The van der Waals surface area contributed by atoms with Crippen LogP contribution in [0.15, 0.2) is 103 Å². The van der Waals surface area contributed by atoms with Crippen LogP contribution in [0.2, 0.25) is 0 Å². The minimum Gasteiger partial charge on any atom is -0.0812 e. The molecule has 2 fully saturated rings. The Balaban J connectivity index is 1.38. The molecule has 6 aromatic rings. The molecule has 0 saturated heterocycles. The summed E-state index contributed by atoms with van der Waals surface area (Å²) in [6.45, 7) is 0. The standard InChI is InChI=1S/C39H31B/c40-39-34-11-5-3-9-31(34)37(32-10-4-6-12-35(32)39)26-14-15-29-27-18-23-17-24(19-27)21-28(20-23)38-30-8-2-1-7-25(30)13-16-33(38)36(29)22-26/h1-16,22-24,27-28H,17-21H2. The van der Waals surface area contributed by atoms with E-state index in [1.165, 1.54) is 75.9 Å². The molecule has 0 spiro atoms. The van der Waals surface area contributed by atoms with Crippen LogP contribution in [0, 0.1) is 11.8 Å². The van der Waals surface area contributed by atoms with Crippen molar-refractivity contribution in [1.29, 1.82) is 0 Å². The number of rotatable bonds is 1. The monoisotopic (exact) mass is 510 g/mol. The van der Waals surface area contributed by atoms with E-state index in [1.54, 1.807) is 11.1 Å². The molecule has 0 amide bonds. The lowest BCUT2D eigenvalue weighted by atomic mass is 9.63. The second-order valence-electron chi connectivity index (χ2n) is 12.7. The van der Waals surface area contributed by atoms with Crippen molar-refractivity contribution in [3.05, 3.63) is 114 Å². The van der Waals surface area contributed by atoms with Crippen molar-refractivity contribution in [2.45, 2.75) is 43.9 Å². The van der Waals surface area contributed by atoms with Crippen molar-refractivity contribution in [2.24, 2.45) is 11.8 Å². The van der Waals surface area contributed by atoms with Crippen LogP contribution >= 0.6 is 0 Å². The average Bonchev–Trinajstić information content (AvgIpc) is 3.05. The highest BCUT2D eigenvalue weighted by Gasteiger charge is 2.40. The molecule has 2 radical (unpaired) electrons. The molecular formula is C39H31B. The molecule has 2 atom stereocenters. The van der Waals surface area contributed by atoms with Gasteiger partial charge in [-0.05, 0) is 128 Å². The molecule has 190 valence electrons. The second-order valence-corrected chi connectivity index (χ2v) is 12.7. The fourth-order valence-electron chi connectivity index (χ4n) is 9.08. The topological polar surface area (TPSA) is 0 Å². The zero-order valence-corrected chi connectivity index (χ0v) is 22.7. The van der Waals surface area contributed by atoms with Gasteiger partial charge in [-0.2, -0.15) is 0 Å². The molecule has 2 saturated carbocycles. The van der Waals surface area contributed by atoms with Crippen LogP contribution in [0.1, 0.15) is 55.1 Å². The van der Waals surface area contributed by atoms with Crippen LogP contribution in [0.4, 0.5) is 0 Å². The van der Waals surface area contributed by atoms with E-state index in [0.29, 0.717) is 11.8 Å². The fourth-order valence-corrected chi connectivity index (χ4v) is 9.08. The van der Waals surface area contributed by atoms with Gasteiger partial charge in [0, 0.05) is 0 Å². The summed E-state index contributed by atoms with van der Waals surface area (Å²) >= 11 is 0. The summed E-state index contributed by atoms with van der Waals surface area (Å²) in [6, 6.07) is 38.7. The lowest BCUT2D eigenvalue weighted by Crippen LogP contribution is -2.29. The third-order valence-electron chi connectivity index (χ3n) is 10.6. The molecule has 0 nitrogen and oxygen atoms in total. The van der Waals surface area contributed by atoms with Gasteiger partial charge in [0.25, 0.3) is 0 Å². The van der Waals surface area contributed by atoms with E-state index in [1.807, 2.05) is 0 Å². The lowest BCUT2D eigenvalue weighted by molar-refractivity contribution is 0.153. The molecule has 10 rings (SSSR count). The van der Waals surface area contributed by atoms with Crippen LogP contribution in [0.5, 0.6) is 0 Å². The zero-order chi connectivity index (χ0) is 26.4. The first-order chi connectivity index (χ1) is 19.7. The first-order valence-corrected chi connectivity index (χ1v) is 15.1. The van der Waals surface area contributed by atoms with E-state index in [4.69, 9.17) is 7.85 Å². The van der Waals surface area contributed by atoms with Crippen molar-refractivity contribution >= 4 is 45.6 Å². The van der Waals surface area contributed by atoms with E-state index in [-0.39, 0.29) is 0 Å². The van der Waals surface area contributed by atoms with Gasteiger partial charge in [-0.3, -0.25) is 0 Å². The second kappa shape index (κ2) is 8.58. The van der Waals surface area contributed by atoms with E-state index >= 15 is 0 Å². The Labute approximate surface area is 237 Å². The van der Waals surface area contributed by atoms with Gasteiger partial charge in [-0.25, -0.2) is 0 Å². The Morgan fingerprint density at radius 3 is 1.80 bits per heavy atom. The van der Waals surface area contributed by atoms with Crippen LogP contribution in [0.3, 0.4) is 0 Å². The highest BCUT2D eigenvalue weighted by Crippen LogP contribution is 2.56. The van der Waals surface area contributed by atoms with E-state index in [2.05, 4.69) is 103 Å². The third-order valence-corrected chi connectivity index (χ3v) is 10.6. The predicted octanol–water partition coefficient (Wildman–Crippen LogP) is 9.66. The van der Waals surface area contributed by atoms with Crippen LogP contribution < -0.4 is 5.46 Å². The van der Waals surface area contributed by atoms with Gasteiger partial charge in [-0.15, -0.1) is 0 Å². The average molecular weight is 510 g/mol. The molecule has 0 N–H and O–H groups in total. The van der Waals surface area contributed by atoms with Crippen LogP contribution in [-0.4, -0.2) is 7.85 Å². The van der Waals surface area contributed by atoms with Gasteiger partial charge < -0.3 is 0 Å². The van der Waals surface area contributed by atoms with Crippen molar-refractivity contribution in [3.8, 4) is 22.3 Å². The lowest BCUT2D eigenvalue weighted by Gasteiger charge is -2.42. The smallest absolute Gasteiger partial charge is 0.0812 e. The van der Waals surface area contributed by atoms with Crippen LogP contribution in [0.25, 0.3) is 54.6 Å². The Kier molecular flexibility index (Phi) is 4.92. The summed E-state index contributed by atoms with van der Waals surface area (Å²) in [5.41, 5.74) is 9.59. The van der Waals surface area contributed by atoms with Gasteiger partial charge in [0.05, 0.1) is 0 Å². The highest BCUT2D eigenvalue weighted by molar-refractivity contribution is 6.46. The zero-order valence-electron chi connectivity index (χ0n) is 22.7. The molecule has 0 aliphatic heterocycles. The predicted molar refractivity (Wildman–Crippen MR) is 171 cm³/mol. The highest BCUT2D eigenvalue weighted by atomic mass is 14.4. The van der Waals surface area contributed by atoms with Crippen molar-refractivity contribution < 1.29 is 0 Å². The van der Waals surface area contributed by atoms with E-state index in [0.717, 1.165) is 28.1 Å². The van der Waals surface area contributed by atoms with Gasteiger partial charge >= 0.3 is 0 Å². The van der Waals surface area contributed by atoms with Crippen molar-refractivity contribution in [2.75, 3.05) is 0 Å². The van der Waals surface area contributed by atoms with Crippen LogP contribution in [-0.2, 0) is 0 Å². The summed E-state index contributed by atoms with van der Waals surface area (Å²) in [4.78, 5) is 0. The third kappa shape index (κ3) is 3.27. The molecule has 6 aromatic carbocycles. The quantitative estimate of drug-likeness (QED) is 0.153. The Morgan fingerprint density at radius 1 is 0.500 bits per heavy atom. The van der Waals surface area contributed by atoms with Gasteiger partial charge in [0.15, 0.2) is 0 Å². The van der Waals surface area contributed by atoms with Crippen molar-refractivity contribution in [3.63, 3.8) is 0 Å². The largest absolute Gasteiger partial charge is 0.115 e. The number of fused-ring (bicyclic) bond motifs is 3. The molecule has 1 heteroatoms. The van der Waals surface area contributed by atoms with E-state index in [9.17, 15) is 0 Å². The van der Waals surface area contributed by atoms with Gasteiger partial charge in [-0.1, -0.05) is 103 Å². The molecule has 0 heterocycles. The van der Waals surface area contributed by atoms with E-state index < -0.39 is 0 Å². The minimum absolute atomic E-state index is 0.651. The Hall–Kier alpha value is -3.84. The summed E-state index contributed by atoms with van der Waals surface area (Å²) in [5.74, 6) is 3.01. The maximum Gasteiger partial charge on any atom is 0.115 e. The first-order valence-electron chi connectivity index (χ1n) is 15.1.